The molecule has 148 valence electrons. The average molecular weight is 394 g/mol. The molecule has 0 unspecified atom stereocenters. The van der Waals surface area contributed by atoms with Gasteiger partial charge in [-0.05, 0) is 25.8 Å². The minimum absolute atomic E-state index is 0. The maximum Gasteiger partial charge on any atom is 0.317 e. The van der Waals surface area contributed by atoms with Crippen molar-refractivity contribution in [3.05, 3.63) is 0 Å². The van der Waals surface area contributed by atoms with Gasteiger partial charge in [-0.25, -0.2) is 4.39 Å². The summed E-state index contributed by atoms with van der Waals surface area (Å²) in [5.41, 5.74) is -3.40. The number of hydrogen-bond acceptors (Lipinski definition) is 6. The van der Waals surface area contributed by atoms with Crippen LogP contribution < -0.4 is 5.32 Å². The van der Waals surface area contributed by atoms with E-state index in [4.69, 9.17) is 4.74 Å². The molecule has 0 aliphatic carbocycles. The van der Waals surface area contributed by atoms with E-state index >= 15 is 4.39 Å². The van der Waals surface area contributed by atoms with E-state index < -0.39 is 35.0 Å². The highest BCUT2D eigenvalue weighted by molar-refractivity contribution is 6.35. The second kappa shape index (κ2) is 7.66. The van der Waals surface area contributed by atoms with Crippen molar-refractivity contribution in [3.8, 4) is 0 Å². The van der Waals surface area contributed by atoms with Gasteiger partial charge in [0.15, 0.2) is 5.67 Å². The van der Waals surface area contributed by atoms with Crippen LogP contribution in [0.3, 0.4) is 0 Å². The molecular weight excluding hydrogens is 369 g/mol. The fourth-order valence-corrected chi connectivity index (χ4v) is 4.19. The number of rotatable bonds is 1. The Morgan fingerprint density at radius 2 is 1.92 bits per heavy atom. The SMILES string of the molecule is COC(=O)[C@@]12CCNC[C@]1(F)CN(C(=O)C(=O)N1CCC[C@H](O)C1)C2.Cl. The molecule has 10 heteroatoms. The molecule has 3 heterocycles. The van der Waals surface area contributed by atoms with E-state index in [2.05, 4.69) is 5.32 Å². The smallest absolute Gasteiger partial charge is 0.317 e. The van der Waals surface area contributed by atoms with Crippen LogP contribution in [0.1, 0.15) is 19.3 Å². The molecule has 0 aromatic rings. The van der Waals surface area contributed by atoms with Gasteiger partial charge in [0, 0.05) is 26.2 Å². The van der Waals surface area contributed by atoms with Gasteiger partial charge in [-0.3, -0.25) is 14.4 Å². The number of aliphatic hydroxyl groups excluding tert-OH is 1. The summed E-state index contributed by atoms with van der Waals surface area (Å²) in [7, 11) is 1.20. The number of esters is 1. The Hall–Kier alpha value is -1.45. The molecule has 2 N–H and O–H groups in total. The first kappa shape index (κ1) is 20.9. The van der Waals surface area contributed by atoms with Crippen molar-refractivity contribution >= 4 is 30.2 Å². The number of fused-ring (bicyclic) bond motifs is 1. The van der Waals surface area contributed by atoms with Gasteiger partial charge in [0.1, 0.15) is 5.41 Å². The lowest BCUT2D eigenvalue weighted by Gasteiger charge is -2.40. The molecule has 2 amide bonds. The van der Waals surface area contributed by atoms with Gasteiger partial charge >= 0.3 is 17.8 Å². The van der Waals surface area contributed by atoms with Crippen LogP contribution in [-0.4, -0.2) is 90.8 Å². The summed E-state index contributed by atoms with van der Waals surface area (Å²) in [5, 5.41) is 12.6. The minimum atomic E-state index is -1.96. The number of β-amino-alcohol motifs (C(OH)–C–C–N with tert-alkyl or cyclic N) is 1. The Morgan fingerprint density at radius 1 is 1.23 bits per heavy atom. The zero-order valence-corrected chi connectivity index (χ0v) is 15.5. The van der Waals surface area contributed by atoms with Crippen LogP contribution in [0, 0.1) is 5.41 Å². The summed E-state index contributed by atoms with van der Waals surface area (Å²) in [6, 6.07) is 0. The van der Waals surface area contributed by atoms with Crippen LogP contribution in [0.4, 0.5) is 4.39 Å². The van der Waals surface area contributed by atoms with Crippen LogP contribution in [0.5, 0.6) is 0 Å². The third-order valence-corrected chi connectivity index (χ3v) is 5.62. The Morgan fingerprint density at radius 3 is 2.58 bits per heavy atom. The Balaban J connectivity index is 0.00000243. The van der Waals surface area contributed by atoms with E-state index in [0.717, 1.165) is 4.90 Å². The highest BCUT2D eigenvalue weighted by Gasteiger charge is 2.66. The number of likely N-dealkylation sites (tertiary alicyclic amines) is 2. The first-order valence-electron chi connectivity index (χ1n) is 8.57. The monoisotopic (exact) mass is 393 g/mol. The first-order valence-corrected chi connectivity index (χ1v) is 8.57. The Kier molecular flexibility index (Phi) is 6.14. The van der Waals surface area contributed by atoms with E-state index in [1.165, 1.54) is 12.0 Å². The quantitative estimate of drug-likeness (QED) is 0.442. The van der Waals surface area contributed by atoms with Gasteiger partial charge in [-0.2, -0.15) is 0 Å². The first-order chi connectivity index (χ1) is 11.8. The van der Waals surface area contributed by atoms with E-state index in [9.17, 15) is 19.5 Å². The lowest BCUT2D eigenvalue weighted by Crippen LogP contribution is -2.60. The van der Waals surface area contributed by atoms with Crippen molar-refractivity contribution in [2.45, 2.75) is 31.0 Å². The molecule has 0 saturated carbocycles. The number of piperidine rings is 2. The molecule has 3 saturated heterocycles. The zero-order chi connectivity index (χ0) is 18.2. The summed E-state index contributed by atoms with van der Waals surface area (Å²) in [6.07, 6.45) is 0.761. The van der Waals surface area contributed by atoms with Gasteiger partial charge < -0.3 is 25.0 Å². The van der Waals surface area contributed by atoms with Gasteiger partial charge in [-0.1, -0.05) is 0 Å². The molecule has 8 nitrogen and oxygen atoms in total. The predicted octanol–water partition coefficient (Wildman–Crippen LogP) is -0.905. The highest BCUT2D eigenvalue weighted by Crippen LogP contribution is 2.47. The van der Waals surface area contributed by atoms with Crippen LogP contribution in [0.2, 0.25) is 0 Å². The van der Waals surface area contributed by atoms with Crippen molar-refractivity contribution in [1.82, 2.24) is 15.1 Å². The van der Waals surface area contributed by atoms with Gasteiger partial charge in [0.2, 0.25) is 0 Å². The summed E-state index contributed by atoms with van der Waals surface area (Å²) >= 11 is 0. The lowest BCUT2D eigenvalue weighted by atomic mass is 9.71. The normalized spacial score (nSPS) is 33.9. The molecule has 26 heavy (non-hydrogen) atoms. The zero-order valence-electron chi connectivity index (χ0n) is 14.7. The van der Waals surface area contributed by atoms with E-state index in [0.29, 0.717) is 25.9 Å². The highest BCUT2D eigenvalue weighted by atomic mass is 35.5. The lowest BCUT2D eigenvalue weighted by molar-refractivity contribution is -0.162. The number of carbonyl (C=O) groups is 3. The van der Waals surface area contributed by atoms with Crippen LogP contribution >= 0.6 is 12.4 Å². The molecule has 3 rings (SSSR count). The Bertz CT molecular complexity index is 594. The molecule has 3 atom stereocenters. The largest absolute Gasteiger partial charge is 0.468 e. The maximum atomic E-state index is 15.5. The van der Waals surface area contributed by atoms with Crippen molar-refractivity contribution in [2.24, 2.45) is 5.41 Å². The van der Waals surface area contributed by atoms with E-state index in [-0.39, 0.29) is 45.0 Å². The molecule has 0 bridgehead atoms. The number of amides is 2. The number of alkyl halides is 1. The van der Waals surface area contributed by atoms with Gasteiger partial charge in [0.05, 0.1) is 19.8 Å². The van der Waals surface area contributed by atoms with E-state index in [1.54, 1.807) is 0 Å². The Labute approximate surface area is 157 Å². The number of methoxy groups -OCH3 is 1. The van der Waals surface area contributed by atoms with Gasteiger partial charge in [0.25, 0.3) is 0 Å². The predicted molar refractivity (Wildman–Crippen MR) is 91.4 cm³/mol. The summed E-state index contributed by atoms with van der Waals surface area (Å²) in [6.45, 7) is 0.370. The molecule has 0 aromatic heterocycles. The second-order valence-electron chi connectivity index (χ2n) is 7.17. The maximum absolute atomic E-state index is 15.5. The molecule has 3 aliphatic rings. The third-order valence-electron chi connectivity index (χ3n) is 5.62. The van der Waals surface area contributed by atoms with Crippen LogP contribution in [0.15, 0.2) is 0 Å². The fourth-order valence-electron chi connectivity index (χ4n) is 4.19. The van der Waals surface area contributed by atoms with Crippen molar-refractivity contribution in [2.75, 3.05) is 46.4 Å². The standard InChI is InChI=1S/C16H24FN3O5.ClH/c1-25-14(24)15-4-5-18-8-16(15,17)10-20(9-15)13(23)12(22)19-6-2-3-11(21)7-19;/h11,18,21H,2-10H2,1H3;1H/t11-,15-,16-;/m0./s1. The molecule has 3 aliphatic heterocycles. The number of hydrogen-bond donors (Lipinski definition) is 2. The fraction of sp³-hybridized carbons (Fsp3) is 0.812. The van der Waals surface area contributed by atoms with Crippen molar-refractivity contribution < 1.29 is 28.6 Å². The molecule has 3 fully saturated rings. The van der Waals surface area contributed by atoms with Crippen molar-refractivity contribution in [3.63, 3.8) is 0 Å². The number of carbonyl (C=O) groups excluding carboxylic acids is 3. The topological polar surface area (TPSA) is 99.2 Å². The number of nitrogens with zero attached hydrogens (tertiary/aromatic N) is 2. The second-order valence-corrected chi connectivity index (χ2v) is 7.17. The molecule has 0 aromatic carbocycles. The van der Waals surface area contributed by atoms with Crippen molar-refractivity contribution in [1.29, 1.82) is 0 Å². The average Bonchev–Trinajstić information content (AvgIpc) is 2.93. The molecule has 0 radical (unpaired) electrons. The van der Waals surface area contributed by atoms with Crippen LogP contribution in [0.25, 0.3) is 0 Å². The van der Waals surface area contributed by atoms with Crippen LogP contribution in [-0.2, 0) is 19.1 Å². The molecular formula is C16H25ClFN3O5. The number of nitrogens with one attached hydrogen (secondary N) is 1. The number of aliphatic hydroxyl groups is 1. The number of halogens is 2. The molecule has 0 spiro atoms. The number of ether oxygens (including phenoxy) is 1. The minimum Gasteiger partial charge on any atom is -0.468 e. The van der Waals surface area contributed by atoms with Gasteiger partial charge in [-0.15, -0.1) is 12.4 Å². The third kappa shape index (κ3) is 3.27. The van der Waals surface area contributed by atoms with E-state index in [1.807, 2.05) is 0 Å². The summed E-state index contributed by atoms with van der Waals surface area (Å²) < 4.78 is 20.3. The summed E-state index contributed by atoms with van der Waals surface area (Å²) in [5.74, 6) is -2.27. The summed E-state index contributed by atoms with van der Waals surface area (Å²) in [4.78, 5) is 39.8.